The largest absolute Gasteiger partial charge is 0.479 e. The molecule has 1 rings (SSSR count). The van der Waals surface area contributed by atoms with E-state index in [4.69, 9.17) is 17.0 Å². The van der Waals surface area contributed by atoms with Crippen LogP contribution in [-0.4, -0.2) is 16.8 Å². The summed E-state index contributed by atoms with van der Waals surface area (Å²) in [6.07, 6.45) is 6.75. The number of benzene rings is 1. The maximum Gasteiger partial charge on any atom is 0.220 e. The second-order valence-corrected chi connectivity index (χ2v) is 7.39. The standard InChI is InChI=1S/C19H28O2S2/c1-3-5-6-10-13-17(20)14-15-18(23-19(22)21-4-2)16-11-8-7-9-12-16/h7-9,11-12,18H,3-6,10,13-15H2,1-2H3. The van der Waals surface area contributed by atoms with E-state index in [1.807, 2.05) is 25.1 Å². The zero-order valence-corrected chi connectivity index (χ0v) is 15.9. The maximum atomic E-state index is 12.1. The van der Waals surface area contributed by atoms with Crippen molar-refractivity contribution in [1.82, 2.24) is 0 Å². The highest BCUT2D eigenvalue weighted by Gasteiger charge is 2.17. The number of ketones is 1. The van der Waals surface area contributed by atoms with Crippen molar-refractivity contribution in [2.45, 2.75) is 64.0 Å². The first-order valence-corrected chi connectivity index (χ1v) is 9.86. The summed E-state index contributed by atoms with van der Waals surface area (Å²) >= 11 is 6.82. The van der Waals surface area contributed by atoms with Crippen molar-refractivity contribution in [1.29, 1.82) is 0 Å². The summed E-state index contributed by atoms with van der Waals surface area (Å²) in [6.45, 7) is 4.71. The van der Waals surface area contributed by atoms with Crippen LogP contribution in [0.5, 0.6) is 0 Å². The van der Waals surface area contributed by atoms with Crippen LogP contribution < -0.4 is 0 Å². The Labute approximate surface area is 150 Å². The molecule has 0 saturated carbocycles. The van der Waals surface area contributed by atoms with Gasteiger partial charge in [0.15, 0.2) is 0 Å². The van der Waals surface area contributed by atoms with Crippen LogP contribution in [0.25, 0.3) is 0 Å². The molecule has 0 amide bonds. The van der Waals surface area contributed by atoms with Gasteiger partial charge in [0.2, 0.25) is 4.38 Å². The summed E-state index contributed by atoms with van der Waals surface area (Å²) in [5.41, 5.74) is 1.21. The number of hydrogen-bond acceptors (Lipinski definition) is 4. The van der Waals surface area contributed by atoms with Gasteiger partial charge in [-0.2, -0.15) is 0 Å². The second-order valence-electron chi connectivity index (χ2n) is 5.59. The lowest BCUT2D eigenvalue weighted by Gasteiger charge is -2.17. The van der Waals surface area contributed by atoms with Gasteiger partial charge in [-0.3, -0.25) is 4.79 Å². The normalized spacial score (nSPS) is 11.9. The van der Waals surface area contributed by atoms with Crippen molar-refractivity contribution in [2.24, 2.45) is 0 Å². The van der Waals surface area contributed by atoms with Crippen LogP contribution in [0.1, 0.15) is 69.6 Å². The molecular formula is C19H28O2S2. The molecule has 1 aromatic rings. The Kier molecular flexibility index (Phi) is 11.0. The third-order valence-electron chi connectivity index (χ3n) is 3.67. The number of carbonyl (C=O) groups excluding carboxylic acids is 1. The monoisotopic (exact) mass is 352 g/mol. The van der Waals surface area contributed by atoms with Crippen molar-refractivity contribution < 1.29 is 9.53 Å². The van der Waals surface area contributed by atoms with E-state index < -0.39 is 0 Å². The Morgan fingerprint density at radius 2 is 1.87 bits per heavy atom. The minimum atomic E-state index is 0.190. The van der Waals surface area contributed by atoms with E-state index >= 15 is 0 Å². The minimum Gasteiger partial charge on any atom is -0.479 e. The maximum absolute atomic E-state index is 12.1. The Morgan fingerprint density at radius 3 is 2.52 bits per heavy atom. The second kappa shape index (κ2) is 12.5. The fraction of sp³-hybridized carbons (Fsp3) is 0.579. The molecule has 2 nitrogen and oxygen atoms in total. The summed E-state index contributed by atoms with van der Waals surface area (Å²) in [5.74, 6) is 0.366. The number of rotatable bonds is 11. The molecule has 1 aromatic carbocycles. The van der Waals surface area contributed by atoms with Crippen molar-refractivity contribution >= 4 is 34.1 Å². The predicted octanol–water partition coefficient (Wildman–Crippen LogP) is 6.10. The van der Waals surface area contributed by atoms with Gasteiger partial charge in [-0.15, -0.1) is 0 Å². The van der Waals surface area contributed by atoms with Gasteiger partial charge in [-0.25, -0.2) is 0 Å². The van der Waals surface area contributed by atoms with Gasteiger partial charge in [-0.1, -0.05) is 68.3 Å². The molecule has 0 aliphatic rings. The molecule has 0 aliphatic heterocycles. The lowest BCUT2D eigenvalue weighted by atomic mass is 10.0. The molecule has 0 radical (unpaired) electrons. The van der Waals surface area contributed by atoms with Gasteiger partial charge >= 0.3 is 0 Å². The van der Waals surface area contributed by atoms with Gasteiger partial charge in [0, 0.05) is 18.1 Å². The summed E-state index contributed by atoms with van der Waals surface area (Å²) in [7, 11) is 0. The van der Waals surface area contributed by atoms with Crippen molar-refractivity contribution in [3.05, 3.63) is 35.9 Å². The van der Waals surface area contributed by atoms with Gasteiger partial charge in [0.25, 0.3) is 0 Å². The molecular weight excluding hydrogens is 324 g/mol. The molecule has 0 fully saturated rings. The third kappa shape index (κ3) is 9.11. The SMILES string of the molecule is CCCCCCC(=O)CCC(SC(=S)OCC)c1ccccc1. The molecule has 0 aromatic heterocycles. The molecule has 0 spiro atoms. The van der Waals surface area contributed by atoms with Gasteiger partial charge in [-0.05, 0) is 37.5 Å². The Morgan fingerprint density at radius 1 is 1.13 bits per heavy atom. The number of hydrogen-bond donors (Lipinski definition) is 0. The number of carbonyl (C=O) groups is 1. The van der Waals surface area contributed by atoms with Crippen LogP contribution in [0.4, 0.5) is 0 Å². The molecule has 0 saturated heterocycles. The molecule has 0 heterocycles. The highest BCUT2D eigenvalue weighted by atomic mass is 32.2. The number of thiocarbonyl (C=S) groups is 1. The quantitative estimate of drug-likeness (QED) is 0.355. The van der Waals surface area contributed by atoms with Crippen LogP contribution in [-0.2, 0) is 9.53 Å². The van der Waals surface area contributed by atoms with Gasteiger partial charge in [0.05, 0.1) is 6.61 Å². The molecule has 1 atom stereocenters. The first-order valence-electron chi connectivity index (χ1n) is 8.57. The molecule has 0 bridgehead atoms. The van der Waals surface area contributed by atoms with E-state index in [0.29, 0.717) is 29.6 Å². The third-order valence-corrected chi connectivity index (χ3v) is 5.18. The van der Waals surface area contributed by atoms with Crippen molar-refractivity contribution in [3.63, 3.8) is 0 Å². The summed E-state index contributed by atoms with van der Waals surface area (Å²) < 4.78 is 5.97. The highest BCUT2D eigenvalue weighted by molar-refractivity contribution is 8.22. The van der Waals surface area contributed by atoms with Crippen LogP contribution in [0.15, 0.2) is 30.3 Å². The number of Topliss-reactive ketones (excluding diaryl/α,β-unsaturated/α-hetero) is 1. The van der Waals surface area contributed by atoms with Crippen LogP contribution >= 0.6 is 24.0 Å². The van der Waals surface area contributed by atoms with Gasteiger partial charge in [0.1, 0.15) is 5.78 Å². The van der Waals surface area contributed by atoms with Crippen LogP contribution in [0.3, 0.4) is 0 Å². The Balaban J connectivity index is 2.49. The average Bonchev–Trinajstić information content (AvgIpc) is 2.56. The first kappa shape index (κ1) is 20.2. The summed E-state index contributed by atoms with van der Waals surface area (Å²) in [6, 6.07) is 10.2. The smallest absolute Gasteiger partial charge is 0.220 e. The first-order chi connectivity index (χ1) is 11.2. The fourth-order valence-electron chi connectivity index (χ4n) is 2.40. The molecule has 4 heteroatoms. The van der Waals surface area contributed by atoms with E-state index in [9.17, 15) is 4.79 Å². The highest BCUT2D eigenvalue weighted by Crippen LogP contribution is 2.34. The topological polar surface area (TPSA) is 26.3 Å². The molecule has 23 heavy (non-hydrogen) atoms. The van der Waals surface area contributed by atoms with Crippen LogP contribution in [0, 0.1) is 0 Å². The van der Waals surface area contributed by atoms with Crippen molar-refractivity contribution in [3.8, 4) is 0 Å². The zero-order valence-electron chi connectivity index (χ0n) is 14.3. The summed E-state index contributed by atoms with van der Waals surface area (Å²) in [5, 5.41) is 0.190. The zero-order chi connectivity index (χ0) is 16.9. The Bertz CT molecular complexity index is 460. The number of ether oxygens (including phenoxy) is 1. The van der Waals surface area contributed by atoms with E-state index in [2.05, 4.69) is 19.1 Å². The number of thioether (sulfide) groups is 1. The fourth-order valence-corrected chi connectivity index (χ4v) is 3.81. The lowest BCUT2D eigenvalue weighted by molar-refractivity contribution is -0.119. The minimum absolute atomic E-state index is 0.190. The molecule has 0 aliphatic carbocycles. The van der Waals surface area contributed by atoms with E-state index in [0.717, 1.165) is 19.3 Å². The van der Waals surface area contributed by atoms with E-state index in [1.54, 1.807) is 11.8 Å². The van der Waals surface area contributed by atoms with Crippen LogP contribution in [0.2, 0.25) is 0 Å². The molecule has 1 unspecified atom stereocenters. The Hall–Kier alpha value is -0.870. The lowest BCUT2D eigenvalue weighted by Crippen LogP contribution is -2.05. The number of unbranched alkanes of at least 4 members (excludes halogenated alkanes) is 3. The average molecular weight is 353 g/mol. The predicted molar refractivity (Wildman–Crippen MR) is 104 cm³/mol. The molecule has 0 N–H and O–H groups in total. The molecule has 128 valence electrons. The van der Waals surface area contributed by atoms with E-state index in [1.165, 1.54) is 18.4 Å². The summed E-state index contributed by atoms with van der Waals surface area (Å²) in [4.78, 5) is 12.1. The van der Waals surface area contributed by atoms with Crippen molar-refractivity contribution in [2.75, 3.05) is 6.61 Å². The van der Waals surface area contributed by atoms with Gasteiger partial charge < -0.3 is 4.74 Å². The van der Waals surface area contributed by atoms with E-state index in [-0.39, 0.29) is 5.25 Å².